The zero-order chi connectivity index (χ0) is 19.1. The molecule has 1 aliphatic rings. The molecule has 0 spiro atoms. The number of hydrogen-bond donors (Lipinski definition) is 1. The van der Waals surface area contributed by atoms with Gasteiger partial charge in [0, 0.05) is 43.5 Å². The first kappa shape index (κ1) is 19.3. The molecule has 1 atom stereocenters. The molecule has 1 aliphatic carbocycles. The highest BCUT2D eigenvalue weighted by Crippen LogP contribution is 2.36. The summed E-state index contributed by atoms with van der Waals surface area (Å²) >= 11 is 0. The number of carbonyl (C=O) groups is 1. The number of ether oxygens (including phenoxy) is 1. The van der Waals surface area contributed by atoms with Gasteiger partial charge in [-0.15, -0.1) is 0 Å². The molecular weight excluding hydrogens is 340 g/mol. The molecule has 1 unspecified atom stereocenters. The lowest BCUT2D eigenvalue weighted by Gasteiger charge is -2.29. The monoisotopic (exact) mass is 366 g/mol. The Morgan fingerprint density at radius 1 is 1.33 bits per heavy atom. The minimum absolute atomic E-state index is 0.147. The summed E-state index contributed by atoms with van der Waals surface area (Å²) in [5, 5.41) is 9.52. The molecule has 142 valence electrons. The van der Waals surface area contributed by atoms with Gasteiger partial charge < -0.3 is 9.84 Å². The van der Waals surface area contributed by atoms with Gasteiger partial charge in [-0.3, -0.25) is 9.88 Å². The third-order valence-corrected chi connectivity index (χ3v) is 5.04. The van der Waals surface area contributed by atoms with Crippen molar-refractivity contribution >= 4 is 12.0 Å². The van der Waals surface area contributed by atoms with Crippen LogP contribution in [0.25, 0.3) is 6.08 Å². The van der Waals surface area contributed by atoms with Crippen LogP contribution in [-0.4, -0.2) is 47.8 Å². The number of pyridine rings is 1. The van der Waals surface area contributed by atoms with E-state index in [-0.39, 0.29) is 12.6 Å². The molecule has 0 saturated carbocycles. The molecule has 5 nitrogen and oxygen atoms in total. The summed E-state index contributed by atoms with van der Waals surface area (Å²) in [5.74, 6) is -0.350. The predicted molar refractivity (Wildman–Crippen MR) is 105 cm³/mol. The first-order chi connectivity index (χ1) is 13.2. The SMILES string of the molecule is COC(=O)C=Cc1ccc2c(c1)CCC2N(CCO)CCc1ccccn1. The van der Waals surface area contributed by atoms with Crippen LogP contribution in [0.4, 0.5) is 0 Å². The van der Waals surface area contributed by atoms with Crippen LogP contribution in [0.5, 0.6) is 0 Å². The van der Waals surface area contributed by atoms with Crippen LogP contribution in [0.1, 0.15) is 34.8 Å². The van der Waals surface area contributed by atoms with Gasteiger partial charge >= 0.3 is 5.97 Å². The molecule has 1 aromatic heterocycles. The third kappa shape index (κ3) is 5.02. The number of esters is 1. The maximum absolute atomic E-state index is 11.3. The molecular formula is C22H26N2O3. The number of carbonyl (C=O) groups excluding carboxylic acids is 1. The molecule has 5 heteroatoms. The second-order valence-corrected chi connectivity index (χ2v) is 6.70. The molecule has 0 bridgehead atoms. The molecule has 1 N–H and O–H groups in total. The Labute approximate surface area is 160 Å². The molecule has 0 aliphatic heterocycles. The summed E-state index contributed by atoms with van der Waals surface area (Å²) in [6, 6.07) is 12.6. The fourth-order valence-corrected chi connectivity index (χ4v) is 3.69. The highest BCUT2D eigenvalue weighted by atomic mass is 16.5. The second kappa shape index (κ2) is 9.44. The lowest BCUT2D eigenvalue weighted by Crippen LogP contribution is -2.32. The Hall–Kier alpha value is -2.50. The molecule has 0 saturated heterocycles. The van der Waals surface area contributed by atoms with Crippen molar-refractivity contribution in [2.75, 3.05) is 26.8 Å². The molecule has 0 radical (unpaired) electrons. The van der Waals surface area contributed by atoms with E-state index in [0.29, 0.717) is 12.6 Å². The quantitative estimate of drug-likeness (QED) is 0.575. The minimum atomic E-state index is -0.350. The number of hydrogen-bond acceptors (Lipinski definition) is 5. The maximum Gasteiger partial charge on any atom is 0.330 e. The van der Waals surface area contributed by atoms with E-state index >= 15 is 0 Å². The Balaban J connectivity index is 1.71. The smallest absolute Gasteiger partial charge is 0.330 e. The van der Waals surface area contributed by atoms with Gasteiger partial charge in [0.25, 0.3) is 0 Å². The van der Waals surface area contributed by atoms with Gasteiger partial charge in [-0.05, 0) is 47.7 Å². The van der Waals surface area contributed by atoms with E-state index in [1.165, 1.54) is 24.3 Å². The van der Waals surface area contributed by atoms with Crippen molar-refractivity contribution in [1.82, 2.24) is 9.88 Å². The largest absolute Gasteiger partial charge is 0.466 e. The second-order valence-electron chi connectivity index (χ2n) is 6.70. The van der Waals surface area contributed by atoms with E-state index in [1.807, 2.05) is 30.5 Å². The zero-order valence-corrected chi connectivity index (χ0v) is 15.7. The molecule has 27 heavy (non-hydrogen) atoms. The highest BCUT2D eigenvalue weighted by Gasteiger charge is 2.27. The maximum atomic E-state index is 11.3. The van der Waals surface area contributed by atoms with Crippen molar-refractivity contribution in [2.24, 2.45) is 0 Å². The van der Waals surface area contributed by atoms with Gasteiger partial charge in [0.1, 0.15) is 0 Å². The van der Waals surface area contributed by atoms with Crippen molar-refractivity contribution < 1.29 is 14.6 Å². The van der Waals surface area contributed by atoms with E-state index < -0.39 is 0 Å². The molecule has 0 fully saturated rings. The number of nitrogens with zero attached hydrogens (tertiary/aromatic N) is 2. The van der Waals surface area contributed by atoms with Crippen LogP contribution in [0.15, 0.2) is 48.7 Å². The third-order valence-electron chi connectivity index (χ3n) is 5.04. The summed E-state index contributed by atoms with van der Waals surface area (Å²) < 4.78 is 4.64. The Morgan fingerprint density at radius 3 is 2.96 bits per heavy atom. The molecule has 3 rings (SSSR count). The lowest BCUT2D eigenvalue weighted by molar-refractivity contribution is -0.134. The number of fused-ring (bicyclic) bond motifs is 1. The topological polar surface area (TPSA) is 62.7 Å². The van der Waals surface area contributed by atoms with Gasteiger partial charge in [0.15, 0.2) is 0 Å². The Morgan fingerprint density at radius 2 is 2.22 bits per heavy atom. The number of aromatic nitrogens is 1. The van der Waals surface area contributed by atoms with Gasteiger partial charge in [-0.1, -0.05) is 24.3 Å². The van der Waals surface area contributed by atoms with Crippen molar-refractivity contribution in [3.8, 4) is 0 Å². The number of aliphatic hydroxyl groups excluding tert-OH is 1. The molecule has 0 amide bonds. The van der Waals surface area contributed by atoms with Gasteiger partial charge in [-0.2, -0.15) is 0 Å². The van der Waals surface area contributed by atoms with E-state index in [0.717, 1.165) is 37.1 Å². The summed E-state index contributed by atoms with van der Waals surface area (Å²) in [7, 11) is 1.38. The fourth-order valence-electron chi connectivity index (χ4n) is 3.69. The fraction of sp³-hybridized carbons (Fsp3) is 0.364. The summed E-state index contributed by atoms with van der Waals surface area (Å²) in [4.78, 5) is 18.0. The standard InChI is InChI=1S/C22H26N2O3/c1-27-22(26)10-6-17-5-8-20-18(16-17)7-9-21(20)24(14-15-25)13-11-19-4-2-3-12-23-19/h2-6,8,10,12,16,21,25H,7,9,11,13-15H2,1H3. The number of aliphatic hydroxyl groups is 1. The van der Waals surface area contributed by atoms with E-state index in [4.69, 9.17) is 0 Å². The van der Waals surface area contributed by atoms with Crippen LogP contribution >= 0.6 is 0 Å². The highest BCUT2D eigenvalue weighted by molar-refractivity contribution is 5.86. The van der Waals surface area contributed by atoms with Gasteiger partial charge in [0.05, 0.1) is 13.7 Å². The van der Waals surface area contributed by atoms with Gasteiger partial charge in [0.2, 0.25) is 0 Å². The Kier molecular flexibility index (Phi) is 6.74. The van der Waals surface area contributed by atoms with E-state index in [1.54, 1.807) is 6.08 Å². The van der Waals surface area contributed by atoms with Gasteiger partial charge in [-0.25, -0.2) is 4.79 Å². The number of methoxy groups -OCH3 is 1. The number of aryl methyl sites for hydroxylation is 1. The first-order valence-corrected chi connectivity index (χ1v) is 9.35. The average molecular weight is 366 g/mol. The zero-order valence-electron chi connectivity index (χ0n) is 15.7. The molecule has 1 heterocycles. The summed E-state index contributed by atoms with van der Waals surface area (Å²) in [6.45, 7) is 1.67. The predicted octanol–water partition coefficient (Wildman–Crippen LogP) is 2.79. The van der Waals surface area contributed by atoms with Crippen molar-refractivity contribution in [1.29, 1.82) is 0 Å². The lowest BCUT2D eigenvalue weighted by atomic mass is 10.0. The summed E-state index contributed by atoms with van der Waals surface area (Å²) in [6.07, 6.45) is 7.96. The first-order valence-electron chi connectivity index (χ1n) is 9.35. The summed E-state index contributed by atoms with van der Waals surface area (Å²) in [5.41, 5.74) is 4.71. The van der Waals surface area contributed by atoms with Crippen LogP contribution in [-0.2, 0) is 22.4 Å². The van der Waals surface area contributed by atoms with Crippen molar-refractivity contribution in [3.05, 3.63) is 71.1 Å². The van der Waals surface area contributed by atoms with Crippen LogP contribution in [0, 0.1) is 0 Å². The number of benzene rings is 1. The minimum Gasteiger partial charge on any atom is -0.466 e. The van der Waals surface area contributed by atoms with Crippen LogP contribution in [0.3, 0.4) is 0 Å². The van der Waals surface area contributed by atoms with Crippen molar-refractivity contribution in [3.63, 3.8) is 0 Å². The van der Waals surface area contributed by atoms with E-state index in [2.05, 4.69) is 26.8 Å². The normalized spacial score (nSPS) is 16.0. The average Bonchev–Trinajstić information content (AvgIpc) is 3.13. The van der Waals surface area contributed by atoms with Crippen molar-refractivity contribution in [2.45, 2.75) is 25.3 Å². The molecule has 1 aromatic carbocycles. The van der Waals surface area contributed by atoms with Crippen LogP contribution < -0.4 is 0 Å². The van der Waals surface area contributed by atoms with Crippen LogP contribution in [0.2, 0.25) is 0 Å². The van der Waals surface area contributed by atoms with E-state index in [9.17, 15) is 9.90 Å². The Bertz CT molecular complexity index is 789. The number of rotatable bonds is 8. The molecule has 2 aromatic rings.